The highest BCUT2D eigenvalue weighted by Gasteiger charge is 2.76. The lowest BCUT2D eigenvalue weighted by Crippen LogP contribution is -2.57. The van der Waals surface area contributed by atoms with Crippen molar-refractivity contribution in [3.8, 4) is 0 Å². The van der Waals surface area contributed by atoms with Gasteiger partial charge < -0.3 is 24.5 Å². The van der Waals surface area contributed by atoms with E-state index in [2.05, 4.69) is 39.4 Å². The maximum atomic E-state index is 14.7. The van der Waals surface area contributed by atoms with Gasteiger partial charge in [-0.3, -0.25) is 14.4 Å². The summed E-state index contributed by atoms with van der Waals surface area (Å²) in [6, 6.07) is 6.60. The number of aliphatic hydroxyl groups excluding tert-OH is 1. The van der Waals surface area contributed by atoms with Crippen molar-refractivity contribution in [2.75, 3.05) is 32.8 Å². The Hall–Kier alpha value is -3.09. The highest BCUT2D eigenvalue weighted by molar-refractivity contribution is 9.09. The quantitative estimate of drug-likeness (QED) is 0.178. The second-order valence-electron chi connectivity index (χ2n) is 11.6. The molecule has 11 nitrogen and oxygen atoms in total. The third-order valence-corrected chi connectivity index (χ3v) is 9.75. The standard InChI is InChI=1S/C31H41BrN6O5/c1-4-14-35(15-5-2)28(40)24-25-29(41)37(17-10-7-11-18-39)27(31(25)19-21(32)26(24)43-31)30(42)36(16-6-3)20-38-23-13-9-8-12-22(23)33-34-38/h4,6,8-9,12-13,21,24-27,39H,1,3,5,7,10-11,14-20H2,2H3/t21?,24-,25-,26-,27?,31?/m0/s1. The SMILES string of the molecule is C=CCN(Cn1nnc2ccccc21)C(=O)C1N(CCCCCO)C(=O)[C@@H]2[C@H](C(=O)N(CC=C)CCC)[C@H]3OC12CC3Br. The third-order valence-electron chi connectivity index (χ3n) is 8.91. The van der Waals surface area contributed by atoms with Crippen LogP contribution in [0.4, 0.5) is 0 Å². The average Bonchev–Trinajstić information content (AvgIpc) is 3.72. The van der Waals surface area contributed by atoms with E-state index in [9.17, 15) is 19.5 Å². The van der Waals surface area contributed by atoms with Gasteiger partial charge in [0.2, 0.25) is 17.7 Å². The van der Waals surface area contributed by atoms with E-state index >= 15 is 0 Å². The van der Waals surface area contributed by atoms with Gasteiger partial charge in [0.15, 0.2) is 0 Å². The number of amides is 3. The molecule has 3 aliphatic heterocycles. The molecule has 3 unspecified atom stereocenters. The molecule has 1 aromatic carbocycles. The summed E-state index contributed by atoms with van der Waals surface area (Å²) in [5.74, 6) is -2.11. The van der Waals surface area contributed by atoms with Crippen molar-refractivity contribution in [2.45, 2.75) is 68.3 Å². The molecular formula is C31H41BrN6O5. The Morgan fingerprint density at radius 1 is 1.16 bits per heavy atom. The second kappa shape index (κ2) is 13.3. The summed E-state index contributed by atoms with van der Waals surface area (Å²) in [7, 11) is 0. The summed E-state index contributed by atoms with van der Waals surface area (Å²) in [5, 5.41) is 17.8. The van der Waals surface area contributed by atoms with E-state index in [4.69, 9.17) is 4.74 Å². The number of nitrogens with zero attached hydrogens (tertiary/aromatic N) is 6. The number of unbranched alkanes of at least 4 members (excludes halogenated alkanes) is 2. The van der Waals surface area contributed by atoms with Gasteiger partial charge in [-0.25, -0.2) is 4.68 Å². The number of carbonyl (C=O) groups excluding carboxylic acids is 3. The van der Waals surface area contributed by atoms with Gasteiger partial charge in [0.1, 0.15) is 23.8 Å². The van der Waals surface area contributed by atoms with Crippen LogP contribution >= 0.6 is 15.9 Å². The van der Waals surface area contributed by atoms with Crippen LogP contribution in [0.25, 0.3) is 11.0 Å². The normalized spacial score (nSPS) is 27.5. The first-order valence-corrected chi connectivity index (χ1v) is 16.0. The number of rotatable bonds is 15. The zero-order valence-corrected chi connectivity index (χ0v) is 26.3. The van der Waals surface area contributed by atoms with Gasteiger partial charge in [-0.05, 0) is 44.2 Å². The molecule has 4 heterocycles. The Kier molecular flexibility index (Phi) is 9.67. The number of hydrogen-bond donors (Lipinski definition) is 1. The fourth-order valence-electron chi connectivity index (χ4n) is 7.16. The largest absolute Gasteiger partial charge is 0.396 e. The molecule has 6 atom stereocenters. The molecule has 2 aromatic rings. The van der Waals surface area contributed by atoms with Crippen molar-refractivity contribution in [1.29, 1.82) is 0 Å². The molecule has 5 rings (SSSR count). The molecule has 3 saturated heterocycles. The van der Waals surface area contributed by atoms with Crippen LogP contribution in [-0.4, -0.2) is 108 Å². The first-order valence-electron chi connectivity index (χ1n) is 15.1. The van der Waals surface area contributed by atoms with Crippen LogP contribution in [0.2, 0.25) is 0 Å². The summed E-state index contributed by atoms with van der Waals surface area (Å²) in [5.41, 5.74) is 0.345. The van der Waals surface area contributed by atoms with E-state index in [1.165, 1.54) is 0 Å². The van der Waals surface area contributed by atoms with Crippen molar-refractivity contribution in [1.82, 2.24) is 29.7 Å². The molecule has 3 fully saturated rings. The van der Waals surface area contributed by atoms with Crippen molar-refractivity contribution in [2.24, 2.45) is 11.8 Å². The fourth-order valence-corrected chi connectivity index (χ4v) is 8.10. The second-order valence-corrected chi connectivity index (χ2v) is 12.8. The number of likely N-dealkylation sites (tertiary alicyclic amines) is 1. The fraction of sp³-hybridized carbons (Fsp3) is 0.581. The molecule has 1 spiro atoms. The van der Waals surface area contributed by atoms with Gasteiger partial charge in [-0.15, -0.1) is 18.3 Å². The van der Waals surface area contributed by atoms with Crippen molar-refractivity contribution >= 4 is 44.7 Å². The Bertz CT molecular complexity index is 1370. The van der Waals surface area contributed by atoms with Gasteiger partial charge in [0.05, 0.1) is 23.5 Å². The van der Waals surface area contributed by atoms with Gasteiger partial charge in [-0.1, -0.05) is 52.4 Å². The van der Waals surface area contributed by atoms with Gasteiger partial charge >= 0.3 is 0 Å². The summed E-state index contributed by atoms with van der Waals surface area (Å²) in [4.78, 5) is 47.9. The first kappa shape index (κ1) is 31.3. The zero-order valence-electron chi connectivity index (χ0n) is 24.7. The van der Waals surface area contributed by atoms with Gasteiger partial charge in [0, 0.05) is 37.6 Å². The first-order chi connectivity index (χ1) is 20.8. The zero-order chi connectivity index (χ0) is 30.7. The van der Waals surface area contributed by atoms with E-state index < -0.39 is 29.6 Å². The number of para-hydroxylation sites is 1. The van der Waals surface area contributed by atoms with Crippen LogP contribution in [0.5, 0.6) is 0 Å². The maximum absolute atomic E-state index is 14.7. The van der Waals surface area contributed by atoms with Gasteiger partial charge in [-0.2, -0.15) is 0 Å². The Morgan fingerprint density at radius 3 is 2.63 bits per heavy atom. The van der Waals surface area contributed by atoms with Crippen LogP contribution in [0.1, 0.15) is 39.0 Å². The molecule has 3 aliphatic rings. The molecule has 1 aromatic heterocycles. The maximum Gasteiger partial charge on any atom is 0.250 e. The van der Waals surface area contributed by atoms with Crippen LogP contribution < -0.4 is 0 Å². The summed E-state index contributed by atoms with van der Waals surface area (Å²) < 4.78 is 8.37. The summed E-state index contributed by atoms with van der Waals surface area (Å²) in [6.45, 7) is 11.4. The lowest BCUT2D eigenvalue weighted by molar-refractivity contribution is -0.149. The van der Waals surface area contributed by atoms with Crippen molar-refractivity contribution < 1.29 is 24.2 Å². The summed E-state index contributed by atoms with van der Waals surface area (Å²) in [6.07, 6.45) is 5.95. The number of hydrogen-bond acceptors (Lipinski definition) is 7. The lowest BCUT2D eigenvalue weighted by atomic mass is 9.70. The predicted molar refractivity (Wildman–Crippen MR) is 165 cm³/mol. The summed E-state index contributed by atoms with van der Waals surface area (Å²) >= 11 is 3.76. The Balaban J connectivity index is 1.52. The van der Waals surface area contributed by atoms with E-state index in [0.717, 1.165) is 11.9 Å². The molecule has 0 saturated carbocycles. The van der Waals surface area contributed by atoms with Gasteiger partial charge in [0.25, 0.3) is 0 Å². The highest BCUT2D eigenvalue weighted by atomic mass is 79.9. The molecule has 2 bridgehead atoms. The van der Waals surface area contributed by atoms with Crippen LogP contribution in [0.15, 0.2) is 49.6 Å². The van der Waals surface area contributed by atoms with Crippen LogP contribution in [0, 0.1) is 11.8 Å². The minimum Gasteiger partial charge on any atom is -0.396 e. The molecule has 3 amide bonds. The van der Waals surface area contributed by atoms with E-state index in [-0.39, 0.29) is 42.4 Å². The Labute approximate surface area is 260 Å². The smallest absolute Gasteiger partial charge is 0.250 e. The van der Waals surface area contributed by atoms with Crippen LogP contribution in [0.3, 0.4) is 0 Å². The topological polar surface area (TPSA) is 121 Å². The van der Waals surface area contributed by atoms with E-state index in [0.29, 0.717) is 50.8 Å². The number of aromatic nitrogens is 3. The molecular weight excluding hydrogens is 616 g/mol. The molecule has 1 N–H and O–H groups in total. The number of halogens is 1. The minimum atomic E-state index is -1.15. The highest BCUT2D eigenvalue weighted by Crippen LogP contribution is 2.60. The molecule has 12 heteroatoms. The van der Waals surface area contributed by atoms with Crippen LogP contribution in [-0.2, 0) is 25.8 Å². The van der Waals surface area contributed by atoms with Crippen molar-refractivity contribution in [3.63, 3.8) is 0 Å². The minimum absolute atomic E-state index is 0.0606. The lowest BCUT2D eigenvalue weighted by Gasteiger charge is -2.37. The molecule has 232 valence electrons. The number of ether oxygens (including phenoxy) is 1. The molecule has 0 radical (unpaired) electrons. The number of alkyl halides is 1. The average molecular weight is 658 g/mol. The number of fused-ring (bicyclic) bond motifs is 2. The Morgan fingerprint density at radius 2 is 1.91 bits per heavy atom. The number of benzene rings is 1. The van der Waals surface area contributed by atoms with E-state index in [1.807, 2.05) is 31.2 Å². The number of carbonyl (C=O) groups is 3. The van der Waals surface area contributed by atoms with Crippen molar-refractivity contribution in [3.05, 3.63) is 49.6 Å². The number of aliphatic hydroxyl groups is 1. The molecule has 43 heavy (non-hydrogen) atoms. The third kappa shape index (κ3) is 5.53. The monoisotopic (exact) mass is 656 g/mol. The predicted octanol–water partition coefficient (Wildman–Crippen LogP) is 2.74. The molecule has 0 aliphatic carbocycles. The van der Waals surface area contributed by atoms with E-state index in [1.54, 1.807) is 31.5 Å².